The third kappa shape index (κ3) is 1.78. The highest BCUT2D eigenvalue weighted by atomic mass is 35.5. The molecule has 0 aliphatic carbocycles. The summed E-state index contributed by atoms with van der Waals surface area (Å²) < 4.78 is 0. The second-order valence-corrected chi connectivity index (χ2v) is 2.11. The fourth-order valence-electron chi connectivity index (χ4n) is 0.354. The van der Waals surface area contributed by atoms with Gasteiger partial charge < -0.3 is 5.73 Å². The van der Waals surface area contributed by atoms with Crippen LogP contribution >= 0.6 is 23.7 Å². The lowest BCUT2D eigenvalue weighted by molar-refractivity contribution is 1.04. The van der Waals surface area contributed by atoms with Crippen molar-refractivity contribution in [3.05, 3.63) is 16.6 Å². The lowest BCUT2D eigenvalue weighted by Gasteiger charge is -1.78. The minimum Gasteiger partial charge on any atom is -0.325 e. The van der Waals surface area contributed by atoms with Gasteiger partial charge in [0, 0.05) is 18.1 Å². The lowest BCUT2D eigenvalue weighted by atomic mass is 10.7. The summed E-state index contributed by atoms with van der Waals surface area (Å²) in [6.07, 6.45) is 1.76. The molecule has 1 rings (SSSR count). The maximum absolute atomic E-state index is 5.24. The molecule has 46 valence electrons. The summed E-state index contributed by atoms with van der Waals surface area (Å²) in [7, 11) is 0. The molecular weight excluding hydrogens is 144 g/mol. The van der Waals surface area contributed by atoms with Crippen LogP contribution in [-0.4, -0.2) is 4.98 Å². The third-order valence-corrected chi connectivity index (χ3v) is 1.46. The molecule has 0 aliphatic heterocycles. The van der Waals surface area contributed by atoms with Gasteiger partial charge in [0.05, 0.1) is 0 Å². The van der Waals surface area contributed by atoms with E-state index in [1.54, 1.807) is 17.5 Å². The minimum atomic E-state index is 0. The fraction of sp³-hybridized carbons (Fsp3) is 0.250. The van der Waals surface area contributed by atoms with E-state index in [1.807, 2.05) is 5.38 Å². The van der Waals surface area contributed by atoms with Gasteiger partial charge in [-0.05, 0) is 0 Å². The average Bonchev–Trinajstić information content (AvgIpc) is 2.14. The summed E-state index contributed by atoms with van der Waals surface area (Å²) in [4.78, 5) is 3.93. The van der Waals surface area contributed by atoms with Crippen molar-refractivity contribution in [2.24, 2.45) is 5.73 Å². The predicted molar refractivity (Wildman–Crippen MR) is 37.3 cm³/mol. The third-order valence-electron chi connectivity index (χ3n) is 0.658. The molecule has 0 aromatic carbocycles. The maximum atomic E-state index is 5.24. The SMILES string of the molecule is Cl.NCc1nccs1. The topological polar surface area (TPSA) is 38.9 Å². The molecule has 2 N–H and O–H groups in total. The molecule has 8 heavy (non-hydrogen) atoms. The molecule has 1 aromatic rings. The summed E-state index contributed by atoms with van der Waals surface area (Å²) in [5.74, 6) is 0. The van der Waals surface area contributed by atoms with Crippen molar-refractivity contribution in [2.75, 3.05) is 0 Å². The van der Waals surface area contributed by atoms with Gasteiger partial charge in [0.1, 0.15) is 5.01 Å². The van der Waals surface area contributed by atoms with Crippen LogP contribution in [0.5, 0.6) is 0 Å². The van der Waals surface area contributed by atoms with E-state index in [4.69, 9.17) is 5.73 Å². The molecule has 1 heterocycles. The standard InChI is InChI=1S/C4H6N2S.ClH/c5-3-4-6-1-2-7-4;/h1-2H,3,5H2;1H. The van der Waals surface area contributed by atoms with E-state index >= 15 is 0 Å². The molecule has 2 nitrogen and oxygen atoms in total. The van der Waals surface area contributed by atoms with Crippen LogP contribution in [0, 0.1) is 0 Å². The Morgan fingerprint density at radius 3 is 2.75 bits per heavy atom. The van der Waals surface area contributed by atoms with Gasteiger partial charge in [-0.25, -0.2) is 4.98 Å². The number of hydrogen-bond donors (Lipinski definition) is 1. The molecule has 0 spiro atoms. The number of halogens is 1. The van der Waals surface area contributed by atoms with Gasteiger partial charge in [0.25, 0.3) is 0 Å². The number of hydrogen-bond acceptors (Lipinski definition) is 3. The first-order chi connectivity index (χ1) is 3.43. The highest BCUT2D eigenvalue weighted by Gasteiger charge is 1.84. The molecule has 0 aliphatic rings. The van der Waals surface area contributed by atoms with Gasteiger partial charge >= 0.3 is 0 Å². The molecule has 0 atom stereocenters. The molecular formula is C4H7ClN2S. The lowest BCUT2D eigenvalue weighted by Crippen LogP contribution is -1.93. The highest BCUT2D eigenvalue weighted by Crippen LogP contribution is 2.00. The van der Waals surface area contributed by atoms with Crippen LogP contribution in [-0.2, 0) is 6.54 Å². The van der Waals surface area contributed by atoms with Crippen LogP contribution in [0.15, 0.2) is 11.6 Å². The molecule has 0 saturated carbocycles. The number of rotatable bonds is 1. The average molecular weight is 151 g/mol. The van der Waals surface area contributed by atoms with Crippen molar-refractivity contribution in [1.82, 2.24) is 4.98 Å². The first-order valence-corrected chi connectivity index (χ1v) is 2.90. The van der Waals surface area contributed by atoms with Crippen LogP contribution in [0.1, 0.15) is 5.01 Å². The van der Waals surface area contributed by atoms with Crippen LogP contribution < -0.4 is 5.73 Å². The molecule has 0 bridgehead atoms. The number of aromatic nitrogens is 1. The van der Waals surface area contributed by atoms with Crippen LogP contribution in [0.2, 0.25) is 0 Å². The zero-order valence-electron chi connectivity index (χ0n) is 4.20. The number of thiazole rings is 1. The Kier molecular flexibility index (Phi) is 3.77. The summed E-state index contributed by atoms with van der Waals surface area (Å²) >= 11 is 1.59. The van der Waals surface area contributed by atoms with Crippen molar-refractivity contribution in [3.8, 4) is 0 Å². The van der Waals surface area contributed by atoms with Crippen molar-refractivity contribution in [1.29, 1.82) is 0 Å². The van der Waals surface area contributed by atoms with Crippen molar-refractivity contribution < 1.29 is 0 Å². The van der Waals surface area contributed by atoms with E-state index in [-0.39, 0.29) is 12.4 Å². The second kappa shape index (κ2) is 3.83. The quantitative estimate of drug-likeness (QED) is 0.650. The first-order valence-electron chi connectivity index (χ1n) is 2.02. The van der Waals surface area contributed by atoms with E-state index in [1.165, 1.54) is 0 Å². The summed E-state index contributed by atoms with van der Waals surface area (Å²) in [6, 6.07) is 0. The Balaban J connectivity index is 0.000000490. The van der Waals surface area contributed by atoms with Crippen molar-refractivity contribution in [2.45, 2.75) is 6.54 Å². The molecule has 4 heteroatoms. The zero-order valence-corrected chi connectivity index (χ0v) is 5.84. The Morgan fingerprint density at radius 1 is 1.75 bits per heavy atom. The van der Waals surface area contributed by atoms with Gasteiger partial charge in [-0.2, -0.15) is 0 Å². The zero-order chi connectivity index (χ0) is 5.11. The molecule has 0 fully saturated rings. The number of nitrogens with zero attached hydrogens (tertiary/aromatic N) is 1. The van der Waals surface area contributed by atoms with Gasteiger partial charge in [-0.1, -0.05) is 0 Å². The summed E-state index contributed by atoms with van der Waals surface area (Å²) in [5.41, 5.74) is 5.24. The minimum absolute atomic E-state index is 0. The predicted octanol–water partition coefficient (Wildman–Crippen LogP) is 1.02. The van der Waals surface area contributed by atoms with Gasteiger partial charge in [-0.3, -0.25) is 0 Å². The Morgan fingerprint density at radius 2 is 2.50 bits per heavy atom. The molecule has 0 saturated heterocycles. The fourth-order valence-corrected chi connectivity index (χ4v) is 0.851. The molecule has 0 amide bonds. The highest BCUT2D eigenvalue weighted by molar-refractivity contribution is 7.09. The Hall–Kier alpha value is -0.120. The van der Waals surface area contributed by atoms with Gasteiger partial charge in [0.2, 0.25) is 0 Å². The molecule has 0 unspecified atom stereocenters. The van der Waals surface area contributed by atoms with E-state index in [2.05, 4.69) is 4.98 Å². The van der Waals surface area contributed by atoms with E-state index < -0.39 is 0 Å². The second-order valence-electron chi connectivity index (χ2n) is 1.13. The van der Waals surface area contributed by atoms with Crippen LogP contribution in [0.25, 0.3) is 0 Å². The summed E-state index contributed by atoms with van der Waals surface area (Å²) in [5, 5.41) is 2.92. The molecule has 0 radical (unpaired) electrons. The maximum Gasteiger partial charge on any atom is 0.106 e. The van der Waals surface area contributed by atoms with Crippen molar-refractivity contribution >= 4 is 23.7 Å². The Labute approximate surface area is 58.1 Å². The normalized spacial score (nSPS) is 8.12. The van der Waals surface area contributed by atoms with Crippen LogP contribution in [0.3, 0.4) is 0 Å². The van der Waals surface area contributed by atoms with E-state index in [0.29, 0.717) is 6.54 Å². The van der Waals surface area contributed by atoms with E-state index in [0.717, 1.165) is 5.01 Å². The number of nitrogens with two attached hydrogens (primary N) is 1. The van der Waals surface area contributed by atoms with E-state index in [9.17, 15) is 0 Å². The van der Waals surface area contributed by atoms with Crippen molar-refractivity contribution in [3.63, 3.8) is 0 Å². The smallest absolute Gasteiger partial charge is 0.106 e. The van der Waals surface area contributed by atoms with Crippen LogP contribution in [0.4, 0.5) is 0 Å². The monoisotopic (exact) mass is 150 g/mol. The Bertz CT molecular complexity index is 129. The van der Waals surface area contributed by atoms with Gasteiger partial charge in [0.15, 0.2) is 0 Å². The largest absolute Gasteiger partial charge is 0.325 e. The summed E-state index contributed by atoms with van der Waals surface area (Å²) in [6.45, 7) is 0.567. The first kappa shape index (κ1) is 7.88. The van der Waals surface area contributed by atoms with Gasteiger partial charge in [-0.15, -0.1) is 23.7 Å². The molecule has 1 aromatic heterocycles.